The van der Waals surface area contributed by atoms with Crippen LogP contribution in [-0.2, 0) is 4.79 Å². The van der Waals surface area contributed by atoms with Crippen molar-refractivity contribution in [1.82, 2.24) is 5.32 Å². The van der Waals surface area contributed by atoms with E-state index in [-0.39, 0.29) is 5.91 Å². The summed E-state index contributed by atoms with van der Waals surface area (Å²) in [5.74, 6) is 1.52. The van der Waals surface area contributed by atoms with E-state index in [1.165, 1.54) is 0 Å². The molecule has 0 aliphatic heterocycles. The van der Waals surface area contributed by atoms with Crippen molar-refractivity contribution in [2.45, 2.75) is 47.0 Å². The van der Waals surface area contributed by atoms with Crippen molar-refractivity contribution in [1.29, 1.82) is 5.26 Å². The maximum absolute atomic E-state index is 12.0. The summed E-state index contributed by atoms with van der Waals surface area (Å²) in [5, 5.41) is 12.1. The lowest BCUT2D eigenvalue weighted by molar-refractivity contribution is -0.132. The molecule has 96 valence electrons. The minimum atomic E-state index is -0.710. The van der Waals surface area contributed by atoms with Crippen molar-refractivity contribution < 1.29 is 4.79 Å². The van der Waals surface area contributed by atoms with E-state index in [0.717, 1.165) is 19.3 Å². The maximum Gasteiger partial charge on any atom is 0.240 e. The normalized spacial score (nSPS) is 18.0. The molecule has 1 N–H and O–H groups in total. The van der Waals surface area contributed by atoms with Gasteiger partial charge >= 0.3 is 0 Å². The summed E-state index contributed by atoms with van der Waals surface area (Å²) in [6.45, 7) is 9.42. The van der Waals surface area contributed by atoms with E-state index in [1.807, 2.05) is 0 Å². The van der Waals surface area contributed by atoms with Crippen molar-refractivity contribution in [3.05, 3.63) is 0 Å². The zero-order chi connectivity index (χ0) is 13.1. The number of amides is 1. The van der Waals surface area contributed by atoms with Gasteiger partial charge in [-0.25, -0.2) is 0 Å². The fourth-order valence-corrected chi connectivity index (χ4v) is 2.54. The molecule has 0 aromatic heterocycles. The van der Waals surface area contributed by atoms with Gasteiger partial charge in [0.05, 0.1) is 6.07 Å². The molecule has 0 heterocycles. The van der Waals surface area contributed by atoms with Gasteiger partial charge in [-0.3, -0.25) is 4.79 Å². The Morgan fingerprint density at radius 3 is 2.12 bits per heavy atom. The van der Waals surface area contributed by atoms with Crippen molar-refractivity contribution in [2.24, 2.45) is 23.2 Å². The van der Waals surface area contributed by atoms with Gasteiger partial charge in [-0.15, -0.1) is 0 Å². The Bertz CT molecular complexity index is 303. The molecule has 1 rings (SSSR count). The Kier molecular flexibility index (Phi) is 4.56. The maximum atomic E-state index is 12.0. The third kappa shape index (κ3) is 3.00. The van der Waals surface area contributed by atoms with Gasteiger partial charge in [0.2, 0.25) is 5.91 Å². The van der Waals surface area contributed by atoms with Crippen LogP contribution in [0.2, 0.25) is 0 Å². The van der Waals surface area contributed by atoms with Crippen LogP contribution in [0.1, 0.15) is 47.0 Å². The first-order chi connectivity index (χ1) is 7.93. The molecule has 0 saturated heterocycles. The fraction of sp³-hybridized carbons (Fsp3) is 0.857. The summed E-state index contributed by atoms with van der Waals surface area (Å²) in [6.07, 6.45) is 2.45. The van der Waals surface area contributed by atoms with Gasteiger partial charge in [0.15, 0.2) is 0 Å². The van der Waals surface area contributed by atoms with Crippen LogP contribution in [0.4, 0.5) is 0 Å². The smallest absolute Gasteiger partial charge is 0.240 e. The second-order valence-corrected chi connectivity index (χ2v) is 5.91. The van der Waals surface area contributed by atoms with E-state index in [9.17, 15) is 4.79 Å². The first kappa shape index (κ1) is 14.0. The van der Waals surface area contributed by atoms with Crippen molar-refractivity contribution in [2.75, 3.05) is 6.54 Å². The van der Waals surface area contributed by atoms with E-state index >= 15 is 0 Å². The summed E-state index contributed by atoms with van der Waals surface area (Å²) in [5.41, 5.74) is -0.710. The van der Waals surface area contributed by atoms with Crippen LogP contribution >= 0.6 is 0 Å². The Balaban J connectivity index is 2.50. The standard InChI is InChI=1S/C14H24N2O/c1-10(2)12(11(3)4)8-16-13(17)14(9-15)6-5-7-14/h10-12H,5-8H2,1-4H3,(H,16,17). The second kappa shape index (κ2) is 5.53. The summed E-state index contributed by atoms with van der Waals surface area (Å²) in [6, 6.07) is 2.18. The molecule has 0 radical (unpaired) electrons. The minimum absolute atomic E-state index is 0.0578. The summed E-state index contributed by atoms with van der Waals surface area (Å²) < 4.78 is 0. The first-order valence-electron chi connectivity index (χ1n) is 6.62. The Morgan fingerprint density at radius 2 is 1.82 bits per heavy atom. The number of carbonyl (C=O) groups is 1. The number of nitrogens with zero attached hydrogens (tertiary/aromatic N) is 1. The number of nitrogens with one attached hydrogen (secondary N) is 1. The molecular weight excluding hydrogens is 212 g/mol. The molecule has 0 spiro atoms. The Labute approximate surface area is 105 Å². The lowest BCUT2D eigenvalue weighted by Crippen LogP contribution is -2.46. The first-order valence-corrected chi connectivity index (χ1v) is 6.62. The van der Waals surface area contributed by atoms with E-state index in [4.69, 9.17) is 5.26 Å². The topological polar surface area (TPSA) is 52.9 Å². The van der Waals surface area contributed by atoms with Crippen LogP contribution in [0.3, 0.4) is 0 Å². The largest absolute Gasteiger partial charge is 0.354 e. The van der Waals surface area contributed by atoms with Gasteiger partial charge in [-0.1, -0.05) is 27.7 Å². The van der Waals surface area contributed by atoms with Crippen molar-refractivity contribution in [3.8, 4) is 6.07 Å². The Hall–Kier alpha value is -1.04. The van der Waals surface area contributed by atoms with Crippen LogP contribution in [0.5, 0.6) is 0 Å². The predicted octanol–water partition coefficient (Wildman–Crippen LogP) is 2.72. The molecule has 1 amide bonds. The highest BCUT2D eigenvalue weighted by Gasteiger charge is 2.44. The molecule has 0 aromatic carbocycles. The van der Waals surface area contributed by atoms with E-state index in [2.05, 4.69) is 39.1 Å². The number of nitriles is 1. The molecular formula is C14H24N2O. The number of hydrogen-bond donors (Lipinski definition) is 1. The van der Waals surface area contributed by atoms with Crippen molar-refractivity contribution >= 4 is 5.91 Å². The number of hydrogen-bond acceptors (Lipinski definition) is 2. The molecule has 1 aliphatic carbocycles. The van der Waals surface area contributed by atoms with E-state index in [0.29, 0.717) is 24.3 Å². The average molecular weight is 236 g/mol. The molecule has 1 aliphatic rings. The highest BCUT2D eigenvalue weighted by Crippen LogP contribution is 2.40. The van der Waals surface area contributed by atoms with Gasteiger partial charge in [-0.2, -0.15) is 5.26 Å². The molecule has 17 heavy (non-hydrogen) atoms. The molecule has 1 saturated carbocycles. The zero-order valence-corrected chi connectivity index (χ0v) is 11.4. The van der Waals surface area contributed by atoms with E-state index < -0.39 is 5.41 Å². The van der Waals surface area contributed by atoms with Crippen LogP contribution < -0.4 is 5.32 Å². The number of carbonyl (C=O) groups excluding carboxylic acids is 1. The molecule has 0 bridgehead atoms. The third-order valence-corrected chi connectivity index (χ3v) is 4.07. The monoisotopic (exact) mass is 236 g/mol. The Morgan fingerprint density at radius 1 is 1.29 bits per heavy atom. The lowest BCUT2D eigenvalue weighted by Gasteiger charge is -2.34. The van der Waals surface area contributed by atoms with Gasteiger partial charge < -0.3 is 5.32 Å². The molecule has 1 fully saturated rings. The van der Waals surface area contributed by atoms with E-state index in [1.54, 1.807) is 0 Å². The van der Waals surface area contributed by atoms with Gasteiger partial charge in [-0.05, 0) is 37.0 Å². The van der Waals surface area contributed by atoms with Crippen LogP contribution in [0.15, 0.2) is 0 Å². The third-order valence-electron chi connectivity index (χ3n) is 4.07. The summed E-state index contributed by atoms with van der Waals surface area (Å²) >= 11 is 0. The lowest BCUT2D eigenvalue weighted by atomic mass is 9.69. The second-order valence-electron chi connectivity index (χ2n) is 5.91. The summed E-state index contributed by atoms with van der Waals surface area (Å²) in [7, 11) is 0. The molecule has 0 aromatic rings. The van der Waals surface area contributed by atoms with Crippen LogP contribution in [-0.4, -0.2) is 12.5 Å². The van der Waals surface area contributed by atoms with Gasteiger partial charge in [0.1, 0.15) is 5.41 Å². The van der Waals surface area contributed by atoms with Gasteiger partial charge in [0.25, 0.3) is 0 Å². The van der Waals surface area contributed by atoms with Crippen LogP contribution in [0, 0.1) is 34.5 Å². The molecule has 3 nitrogen and oxygen atoms in total. The SMILES string of the molecule is CC(C)C(CNC(=O)C1(C#N)CCC1)C(C)C. The minimum Gasteiger partial charge on any atom is -0.354 e. The summed E-state index contributed by atoms with van der Waals surface area (Å²) in [4.78, 5) is 12.0. The highest BCUT2D eigenvalue weighted by atomic mass is 16.2. The molecule has 0 unspecified atom stereocenters. The average Bonchev–Trinajstić information content (AvgIpc) is 2.15. The highest BCUT2D eigenvalue weighted by molar-refractivity contribution is 5.86. The predicted molar refractivity (Wildman–Crippen MR) is 68.1 cm³/mol. The van der Waals surface area contributed by atoms with Gasteiger partial charge in [0, 0.05) is 6.54 Å². The fourth-order valence-electron chi connectivity index (χ4n) is 2.54. The number of rotatable bonds is 5. The van der Waals surface area contributed by atoms with Crippen LogP contribution in [0.25, 0.3) is 0 Å². The quantitative estimate of drug-likeness (QED) is 0.798. The molecule has 0 atom stereocenters. The van der Waals surface area contributed by atoms with Crippen molar-refractivity contribution in [3.63, 3.8) is 0 Å². The zero-order valence-electron chi connectivity index (χ0n) is 11.4. The molecule has 3 heteroatoms.